The molecule has 1 aliphatic heterocycles. The topological polar surface area (TPSA) is 67.1 Å². The number of aliphatic hydroxyl groups is 1. The van der Waals surface area contributed by atoms with Gasteiger partial charge < -0.3 is 5.11 Å². The fourth-order valence-electron chi connectivity index (χ4n) is 3.39. The molecular formula is C17H18ClN5O. The average Bonchev–Trinajstić information content (AvgIpc) is 3.21. The molecule has 2 aromatic heterocycles. The lowest BCUT2D eigenvalue weighted by molar-refractivity contribution is 0.0275. The normalized spacial score (nSPS) is 21.6. The molecule has 1 saturated heterocycles. The lowest BCUT2D eigenvalue weighted by atomic mass is 10.0. The van der Waals surface area contributed by atoms with E-state index in [2.05, 4.69) is 20.2 Å². The Morgan fingerprint density at radius 2 is 2.17 bits per heavy atom. The summed E-state index contributed by atoms with van der Waals surface area (Å²) in [6.45, 7) is 2.64. The van der Waals surface area contributed by atoms with E-state index < -0.39 is 5.60 Å². The third-order valence-electron chi connectivity index (χ3n) is 4.53. The van der Waals surface area contributed by atoms with Gasteiger partial charge in [-0.05, 0) is 30.2 Å². The largest absolute Gasteiger partial charge is 0.387 e. The van der Waals surface area contributed by atoms with E-state index in [1.54, 1.807) is 23.3 Å². The number of β-amino-alcohol motifs (C(OH)–C–C–N with tert-alkyl or cyclic N) is 1. The minimum atomic E-state index is -0.774. The van der Waals surface area contributed by atoms with Crippen LogP contribution in [0.1, 0.15) is 12.0 Å². The van der Waals surface area contributed by atoms with Crippen molar-refractivity contribution >= 4 is 22.5 Å². The quantitative estimate of drug-likeness (QED) is 0.786. The molecule has 3 heterocycles. The second kappa shape index (κ2) is 6.12. The minimum absolute atomic E-state index is 0.461. The van der Waals surface area contributed by atoms with Crippen molar-refractivity contribution < 1.29 is 5.11 Å². The summed E-state index contributed by atoms with van der Waals surface area (Å²) in [5.74, 6) is 0. The Morgan fingerprint density at radius 1 is 1.25 bits per heavy atom. The third kappa shape index (κ3) is 3.00. The summed E-state index contributed by atoms with van der Waals surface area (Å²) in [7, 11) is 0. The van der Waals surface area contributed by atoms with Crippen LogP contribution in [0.25, 0.3) is 10.9 Å². The molecule has 1 fully saturated rings. The Labute approximate surface area is 144 Å². The van der Waals surface area contributed by atoms with Gasteiger partial charge in [-0.3, -0.25) is 9.88 Å². The Bertz CT molecular complexity index is 853. The molecule has 0 amide bonds. The van der Waals surface area contributed by atoms with Crippen molar-refractivity contribution in [2.24, 2.45) is 0 Å². The van der Waals surface area contributed by atoms with Crippen molar-refractivity contribution in [1.82, 2.24) is 24.9 Å². The monoisotopic (exact) mass is 343 g/mol. The van der Waals surface area contributed by atoms with Gasteiger partial charge in [0.15, 0.2) is 0 Å². The zero-order valence-electron chi connectivity index (χ0n) is 13.1. The van der Waals surface area contributed by atoms with Gasteiger partial charge in [0, 0.05) is 42.4 Å². The minimum Gasteiger partial charge on any atom is -0.387 e. The van der Waals surface area contributed by atoms with Gasteiger partial charge in [0.2, 0.25) is 0 Å². The second-order valence-electron chi connectivity index (χ2n) is 6.39. The number of fused-ring (bicyclic) bond motifs is 1. The molecule has 0 aliphatic carbocycles. The number of halogens is 1. The Kier molecular flexibility index (Phi) is 3.96. The lowest BCUT2D eigenvalue weighted by Crippen LogP contribution is -2.37. The van der Waals surface area contributed by atoms with Crippen molar-refractivity contribution in [3.63, 3.8) is 0 Å². The van der Waals surface area contributed by atoms with Crippen LogP contribution in [-0.4, -0.2) is 48.7 Å². The number of nitrogens with zero attached hydrogens (tertiary/aromatic N) is 5. The van der Waals surface area contributed by atoms with Crippen LogP contribution >= 0.6 is 11.6 Å². The molecule has 124 valence electrons. The van der Waals surface area contributed by atoms with Crippen molar-refractivity contribution in [3.8, 4) is 0 Å². The second-order valence-corrected chi connectivity index (χ2v) is 6.80. The molecule has 4 rings (SSSR count). The number of aromatic nitrogens is 4. The molecule has 7 heteroatoms. The van der Waals surface area contributed by atoms with Crippen molar-refractivity contribution in [2.45, 2.75) is 25.1 Å². The summed E-state index contributed by atoms with van der Waals surface area (Å²) < 4.78 is 1.68. The zero-order chi connectivity index (χ0) is 16.6. The van der Waals surface area contributed by atoms with E-state index in [0.717, 1.165) is 29.6 Å². The molecule has 1 N–H and O–H groups in total. The van der Waals surface area contributed by atoms with E-state index in [9.17, 15) is 5.11 Å². The van der Waals surface area contributed by atoms with E-state index in [1.165, 1.54) is 0 Å². The predicted octanol–water partition coefficient (Wildman–Crippen LogP) is 2.12. The highest BCUT2D eigenvalue weighted by Gasteiger charge is 2.36. The van der Waals surface area contributed by atoms with Crippen molar-refractivity contribution in [2.75, 3.05) is 13.1 Å². The van der Waals surface area contributed by atoms with Gasteiger partial charge >= 0.3 is 0 Å². The van der Waals surface area contributed by atoms with Crippen molar-refractivity contribution in [3.05, 3.63) is 53.4 Å². The fourth-order valence-corrected chi connectivity index (χ4v) is 3.60. The van der Waals surface area contributed by atoms with Crippen LogP contribution in [0.15, 0.2) is 42.9 Å². The van der Waals surface area contributed by atoms with E-state index in [1.807, 2.05) is 24.3 Å². The third-order valence-corrected chi connectivity index (χ3v) is 4.86. The Hall–Kier alpha value is -2.02. The number of rotatable bonds is 4. The SMILES string of the molecule is OC1(Cn2ccnn2)CCN(Cc2ccc(Cl)c3cccnc23)C1. The molecule has 1 atom stereocenters. The van der Waals surface area contributed by atoms with Gasteiger partial charge in [-0.25, -0.2) is 4.68 Å². The van der Waals surface area contributed by atoms with E-state index in [0.29, 0.717) is 24.5 Å². The van der Waals surface area contributed by atoms with Gasteiger partial charge in [-0.2, -0.15) is 0 Å². The maximum atomic E-state index is 10.8. The smallest absolute Gasteiger partial charge is 0.0981 e. The van der Waals surface area contributed by atoms with Crippen LogP contribution in [0.3, 0.4) is 0 Å². The lowest BCUT2D eigenvalue weighted by Gasteiger charge is -2.23. The molecule has 1 aromatic carbocycles. The fraction of sp³-hybridized carbons (Fsp3) is 0.353. The van der Waals surface area contributed by atoms with Crippen LogP contribution in [0.5, 0.6) is 0 Å². The Morgan fingerprint density at radius 3 is 3.00 bits per heavy atom. The number of hydrogen-bond acceptors (Lipinski definition) is 5. The highest BCUT2D eigenvalue weighted by atomic mass is 35.5. The van der Waals surface area contributed by atoms with Gasteiger partial charge in [-0.1, -0.05) is 22.9 Å². The molecule has 24 heavy (non-hydrogen) atoms. The first-order valence-electron chi connectivity index (χ1n) is 7.94. The summed E-state index contributed by atoms with van der Waals surface area (Å²) in [6.07, 6.45) is 5.90. The molecular weight excluding hydrogens is 326 g/mol. The van der Waals surface area contributed by atoms with Crippen LogP contribution < -0.4 is 0 Å². The van der Waals surface area contributed by atoms with Gasteiger partial charge in [-0.15, -0.1) is 5.10 Å². The van der Waals surface area contributed by atoms with Crippen LogP contribution in [0, 0.1) is 0 Å². The zero-order valence-corrected chi connectivity index (χ0v) is 13.9. The van der Waals surface area contributed by atoms with E-state index >= 15 is 0 Å². The number of hydrogen-bond donors (Lipinski definition) is 1. The highest BCUT2D eigenvalue weighted by molar-refractivity contribution is 6.35. The maximum absolute atomic E-state index is 10.8. The molecule has 0 radical (unpaired) electrons. The summed E-state index contributed by atoms with van der Waals surface area (Å²) >= 11 is 6.26. The molecule has 0 spiro atoms. The number of pyridine rings is 1. The van der Waals surface area contributed by atoms with Gasteiger partial charge in [0.05, 0.1) is 23.9 Å². The van der Waals surface area contributed by atoms with Crippen LogP contribution in [-0.2, 0) is 13.1 Å². The van der Waals surface area contributed by atoms with Gasteiger partial charge in [0.25, 0.3) is 0 Å². The summed E-state index contributed by atoms with van der Waals surface area (Å²) in [5.41, 5.74) is 1.28. The summed E-state index contributed by atoms with van der Waals surface area (Å²) in [4.78, 5) is 6.73. The molecule has 1 unspecified atom stereocenters. The highest BCUT2D eigenvalue weighted by Crippen LogP contribution is 2.28. The molecule has 1 aliphatic rings. The van der Waals surface area contributed by atoms with E-state index in [-0.39, 0.29) is 0 Å². The number of likely N-dealkylation sites (tertiary alicyclic amines) is 1. The molecule has 3 aromatic rings. The van der Waals surface area contributed by atoms with Gasteiger partial charge in [0.1, 0.15) is 0 Å². The van der Waals surface area contributed by atoms with Crippen LogP contribution in [0.4, 0.5) is 0 Å². The summed E-state index contributed by atoms with van der Waals surface area (Å²) in [5, 5.41) is 20.2. The first-order valence-corrected chi connectivity index (χ1v) is 8.32. The predicted molar refractivity (Wildman–Crippen MR) is 91.6 cm³/mol. The first kappa shape index (κ1) is 15.5. The maximum Gasteiger partial charge on any atom is 0.0981 e. The molecule has 0 saturated carbocycles. The number of benzene rings is 1. The molecule has 6 nitrogen and oxygen atoms in total. The summed E-state index contributed by atoms with van der Waals surface area (Å²) in [6, 6.07) is 7.81. The van der Waals surface area contributed by atoms with E-state index in [4.69, 9.17) is 11.6 Å². The van der Waals surface area contributed by atoms with Crippen LogP contribution in [0.2, 0.25) is 5.02 Å². The molecule has 0 bridgehead atoms. The van der Waals surface area contributed by atoms with Crippen molar-refractivity contribution in [1.29, 1.82) is 0 Å². The Balaban J connectivity index is 1.52. The standard InChI is InChI=1S/C17H18ClN5O/c18-15-4-3-13(16-14(15)2-1-6-19-16)10-22-8-5-17(24,11-22)12-23-9-7-20-21-23/h1-4,6-7,9,24H,5,8,10-12H2. The first-order chi connectivity index (χ1) is 11.6. The average molecular weight is 344 g/mol.